The van der Waals surface area contributed by atoms with E-state index in [9.17, 15) is 0 Å². The molecule has 0 unspecified atom stereocenters. The Morgan fingerprint density at radius 3 is 2.54 bits per heavy atom. The van der Waals surface area contributed by atoms with Gasteiger partial charge in [-0.05, 0) is 52.1 Å². The number of aromatic amines is 1. The molecule has 0 saturated heterocycles. The summed E-state index contributed by atoms with van der Waals surface area (Å²) in [7, 11) is 1.70. The van der Waals surface area contributed by atoms with E-state index in [2.05, 4.69) is 71.0 Å². The molecule has 120 valence electrons. The third-order valence-electron chi connectivity index (χ3n) is 4.34. The van der Waals surface area contributed by atoms with Gasteiger partial charge in [-0.2, -0.15) is 0 Å². The van der Waals surface area contributed by atoms with Gasteiger partial charge >= 0.3 is 0 Å². The first-order valence-corrected chi connectivity index (χ1v) is 8.16. The lowest BCUT2D eigenvalue weighted by molar-refractivity contribution is 0.415. The first-order valence-electron chi connectivity index (χ1n) is 8.16. The number of methoxy groups -OCH3 is 1. The summed E-state index contributed by atoms with van der Waals surface area (Å²) in [4.78, 5) is 3.45. The summed E-state index contributed by atoms with van der Waals surface area (Å²) in [5.41, 5.74) is 3.68. The number of H-pyrrole nitrogens is 1. The molecule has 0 aliphatic heterocycles. The van der Waals surface area contributed by atoms with Gasteiger partial charge in [-0.1, -0.05) is 36.4 Å². The van der Waals surface area contributed by atoms with Crippen molar-refractivity contribution in [2.75, 3.05) is 7.11 Å². The number of fused-ring (bicyclic) bond motifs is 2. The number of hydrogen-bond acceptors (Lipinski definition) is 2. The Morgan fingerprint density at radius 2 is 1.67 bits per heavy atom. The third kappa shape index (κ3) is 2.99. The molecule has 0 atom stereocenters. The molecule has 0 fully saturated rings. The van der Waals surface area contributed by atoms with Crippen LogP contribution in [0.15, 0.2) is 66.7 Å². The molecule has 0 aliphatic carbocycles. The molecule has 0 radical (unpaired) electrons. The molecule has 3 nitrogen and oxygen atoms in total. The highest BCUT2D eigenvalue weighted by Crippen LogP contribution is 2.22. The number of ether oxygens (including phenoxy) is 1. The van der Waals surface area contributed by atoms with Gasteiger partial charge in [-0.3, -0.25) is 0 Å². The average Bonchev–Trinajstić information content (AvgIpc) is 3.04. The summed E-state index contributed by atoms with van der Waals surface area (Å²) >= 11 is 0. The zero-order valence-corrected chi connectivity index (χ0v) is 13.7. The van der Waals surface area contributed by atoms with Crippen LogP contribution in [0, 0.1) is 0 Å². The van der Waals surface area contributed by atoms with Gasteiger partial charge in [0.05, 0.1) is 7.11 Å². The summed E-state index contributed by atoms with van der Waals surface area (Å²) in [6, 6.07) is 23.3. The molecular weight excluding hydrogens is 296 g/mol. The molecule has 3 heteroatoms. The number of hydrogen-bond donors (Lipinski definition) is 2. The minimum absolute atomic E-state index is 0.829. The van der Waals surface area contributed by atoms with Crippen LogP contribution >= 0.6 is 0 Å². The zero-order valence-electron chi connectivity index (χ0n) is 13.7. The van der Waals surface area contributed by atoms with E-state index in [-0.39, 0.29) is 0 Å². The second kappa shape index (κ2) is 6.38. The summed E-state index contributed by atoms with van der Waals surface area (Å²) in [6.45, 7) is 1.67. The maximum atomic E-state index is 5.28. The quantitative estimate of drug-likeness (QED) is 0.564. The van der Waals surface area contributed by atoms with Crippen LogP contribution < -0.4 is 10.1 Å². The highest BCUT2D eigenvalue weighted by molar-refractivity contribution is 5.84. The largest absolute Gasteiger partial charge is 0.497 e. The molecular formula is C21H20N2O. The third-order valence-corrected chi connectivity index (χ3v) is 4.34. The Morgan fingerprint density at radius 1 is 0.833 bits per heavy atom. The molecule has 1 heterocycles. The van der Waals surface area contributed by atoms with E-state index in [1.165, 1.54) is 32.9 Å². The fraction of sp³-hybridized carbons (Fsp3) is 0.143. The van der Waals surface area contributed by atoms with Gasteiger partial charge in [0.15, 0.2) is 0 Å². The van der Waals surface area contributed by atoms with Gasteiger partial charge in [0, 0.05) is 24.3 Å². The van der Waals surface area contributed by atoms with Crippen molar-refractivity contribution >= 4 is 21.7 Å². The Hall–Kier alpha value is -2.78. The van der Waals surface area contributed by atoms with Crippen LogP contribution in [0.4, 0.5) is 0 Å². The Balaban J connectivity index is 1.44. The predicted molar refractivity (Wildman–Crippen MR) is 99.3 cm³/mol. The highest BCUT2D eigenvalue weighted by atomic mass is 16.5. The minimum atomic E-state index is 0.829. The number of rotatable bonds is 5. The lowest BCUT2D eigenvalue weighted by Crippen LogP contribution is -2.12. The van der Waals surface area contributed by atoms with E-state index in [0.29, 0.717) is 0 Å². The van der Waals surface area contributed by atoms with Crippen LogP contribution in [0.3, 0.4) is 0 Å². The van der Waals surface area contributed by atoms with Crippen molar-refractivity contribution in [3.05, 3.63) is 78.0 Å². The lowest BCUT2D eigenvalue weighted by atomic mass is 10.1. The molecule has 24 heavy (non-hydrogen) atoms. The molecule has 2 N–H and O–H groups in total. The standard InChI is InChI=1S/C21H20N2O/c1-24-20-9-8-16-10-15(6-7-17(16)12-20)13-22-14-19-11-18-4-2-3-5-21(18)23-19/h2-12,22-23H,13-14H2,1H3. The summed E-state index contributed by atoms with van der Waals surface area (Å²) in [5.74, 6) is 0.896. The molecule has 1 aromatic heterocycles. The molecule has 4 aromatic rings. The molecule has 0 aliphatic rings. The SMILES string of the molecule is COc1ccc2cc(CNCc3cc4ccccc4[nH]3)ccc2c1. The van der Waals surface area contributed by atoms with Crippen molar-refractivity contribution in [1.82, 2.24) is 10.3 Å². The van der Waals surface area contributed by atoms with Crippen molar-refractivity contribution < 1.29 is 4.74 Å². The Labute approximate surface area is 141 Å². The van der Waals surface area contributed by atoms with Crippen LogP contribution in [-0.2, 0) is 13.1 Å². The number of para-hydroxylation sites is 1. The molecule has 4 rings (SSSR count). The van der Waals surface area contributed by atoms with E-state index < -0.39 is 0 Å². The van der Waals surface area contributed by atoms with Crippen molar-refractivity contribution in [1.29, 1.82) is 0 Å². The predicted octanol–water partition coefficient (Wildman–Crippen LogP) is 4.62. The first kappa shape index (κ1) is 14.8. The monoisotopic (exact) mass is 316 g/mol. The van der Waals surface area contributed by atoms with Gasteiger partial charge in [-0.25, -0.2) is 0 Å². The maximum Gasteiger partial charge on any atom is 0.119 e. The first-order chi connectivity index (χ1) is 11.8. The van der Waals surface area contributed by atoms with Crippen LogP contribution in [0.1, 0.15) is 11.3 Å². The molecule has 0 amide bonds. The van der Waals surface area contributed by atoms with E-state index in [0.717, 1.165) is 18.8 Å². The van der Waals surface area contributed by atoms with Gasteiger partial charge in [-0.15, -0.1) is 0 Å². The molecule has 0 bridgehead atoms. The fourth-order valence-corrected chi connectivity index (χ4v) is 3.08. The smallest absolute Gasteiger partial charge is 0.119 e. The van der Waals surface area contributed by atoms with E-state index in [1.807, 2.05) is 6.07 Å². The number of aromatic nitrogens is 1. The van der Waals surface area contributed by atoms with Gasteiger partial charge in [0.2, 0.25) is 0 Å². The second-order valence-corrected chi connectivity index (χ2v) is 6.03. The summed E-state index contributed by atoms with van der Waals surface area (Å²) in [5, 5.41) is 7.21. The average molecular weight is 316 g/mol. The normalized spacial score (nSPS) is 11.2. The van der Waals surface area contributed by atoms with Crippen molar-refractivity contribution in [2.24, 2.45) is 0 Å². The number of nitrogens with one attached hydrogen (secondary N) is 2. The topological polar surface area (TPSA) is 37.0 Å². The summed E-state index contributed by atoms with van der Waals surface area (Å²) < 4.78 is 5.28. The van der Waals surface area contributed by atoms with Crippen LogP contribution in [0.25, 0.3) is 21.7 Å². The van der Waals surface area contributed by atoms with E-state index >= 15 is 0 Å². The molecule has 0 spiro atoms. The second-order valence-electron chi connectivity index (χ2n) is 6.03. The minimum Gasteiger partial charge on any atom is -0.497 e. The zero-order chi connectivity index (χ0) is 16.4. The lowest BCUT2D eigenvalue weighted by Gasteiger charge is -2.07. The Kier molecular flexibility index (Phi) is 3.93. The molecule has 0 saturated carbocycles. The Bertz CT molecular complexity index is 954. The maximum absolute atomic E-state index is 5.28. The number of benzene rings is 3. The van der Waals surface area contributed by atoms with Crippen LogP contribution in [-0.4, -0.2) is 12.1 Å². The molecule has 3 aromatic carbocycles. The summed E-state index contributed by atoms with van der Waals surface area (Å²) in [6.07, 6.45) is 0. The van der Waals surface area contributed by atoms with Gasteiger partial charge in [0.25, 0.3) is 0 Å². The van der Waals surface area contributed by atoms with Crippen molar-refractivity contribution in [3.8, 4) is 5.75 Å². The van der Waals surface area contributed by atoms with Crippen molar-refractivity contribution in [3.63, 3.8) is 0 Å². The van der Waals surface area contributed by atoms with Crippen LogP contribution in [0.2, 0.25) is 0 Å². The van der Waals surface area contributed by atoms with Gasteiger partial charge in [0.1, 0.15) is 5.75 Å². The van der Waals surface area contributed by atoms with Gasteiger partial charge < -0.3 is 15.0 Å². The van der Waals surface area contributed by atoms with E-state index in [4.69, 9.17) is 4.74 Å². The highest BCUT2D eigenvalue weighted by Gasteiger charge is 2.01. The van der Waals surface area contributed by atoms with Crippen LogP contribution in [0.5, 0.6) is 5.75 Å². The van der Waals surface area contributed by atoms with Crippen molar-refractivity contribution in [2.45, 2.75) is 13.1 Å². The fourth-order valence-electron chi connectivity index (χ4n) is 3.08. The van der Waals surface area contributed by atoms with E-state index in [1.54, 1.807) is 7.11 Å².